The Labute approximate surface area is 128 Å². The summed E-state index contributed by atoms with van der Waals surface area (Å²) in [5.74, 6) is -0.143. The molecule has 6 nitrogen and oxygen atoms in total. The van der Waals surface area contributed by atoms with Crippen LogP contribution in [0.25, 0.3) is 0 Å². The summed E-state index contributed by atoms with van der Waals surface area (Å²) in [5, 5.41) is 9.28. The predicted octanol–water partition coefficient (Wildman–Crippen LogP) is 1.28. The summed E-state index contributed by atoms with van der Waals surface area (Å²) in [5.41, 5.74) is 0.651. The molecule has 1 unspecified atom stereocenters. The molecule has 1 atom stereocenters. The lowest BCUT2D eigenvalue weighted by Gasteiger charge is -2.35. The molecule has 1 aromatic carbocycles. The second kappa shape index (κ2) is 7.28. The molecule has 1 heterocycles. The number of nitrogens with zero attached hydrogens (tertiary/aromatic N) is 1. The van der Waals surface area contributed by atoms with Crippen molar-refractivity contribution >= 4 is 29.2 Å². The first-order valence-electron chi connectivity index (χ1n) is 6.93. The van der Waals surface area contributed by atoms with Gasteiger partial charge in [0.15, 0.2) is 0 Å². The Kier molecular flexibility index (Phi) is 5.41. The summed E-state index contributed by atoms with van der Waals surface area (Å²) in [4.78, 5) is 25.9. The van der Waals surface area contributed by atoms with Crippen molar-refractivity contribution in [2.45, 2.75) is 13.0 Å². The molecule has 3 amide bonds. The Balaban J connectivity index is 2.04. The first-order chi connectivity index (χ1) is 10.1. The zero-order valence-corrected chi connectivity index (χ0v) is 12.6. The van der Waals surface area contributed by atoms with Crippen LogP contribution >= 0.6 is 11.6 Å². The van der Waals surface area contributed by atoms with Gasteiger partial charge in [0.1, 0.15) is 6.04 Å². The van der Waals surface area contributed by atoms with E-state index in [1.807, 2.05) is 6.92 Å². The van der Waals surface area contributed by atoms with E-state index in [0.29, 0.717) is 36.9 Å². The van der Waals surface area contributed by atoms with Gasteiger partial charge in [-0.3, -0.25) is 4.79 Å². The zero-order valence-electron chi connectivity index (χ0n) is 11.9. The molecule has 0 bridgehead atoms. The molecule has 3 N–H and O–H groups in total. The average molecular weight is 311 g/mol. The minimum absolute atomic E-state index is 0.143. The van der Waals surface area contributed by atoms with Crippen LogP contribution in [0.5, 0.6) is 0 Å². The van der Waals surface area contributed by atoms with E-state index in [0.717, 1.165) is 0 Å². The molecule has 21 heavy (non-hydrogen) atoms. The maximum absolute atomic E-state index is 12.3. The standard InChI is InChI=1S/C14H19ClN4O2/c1-2-17-13(20)12-9-16-7-8-19(12)14(21)18-11-5-3-10(15)4-6-11/h3-6,12,16H,2,7-9H2,1H3,(H,17,20)(H,18,21). The monoisotopic (exact) mass is 310 g/mol. The van der Waals surface area contributed by atoms with Crippen LogP contribution in [0, 0.1) is 0 Å². The topological polar surface area (TPSA) is 73.5 Å². The molecule has 114 valence electrons. The van der Waals surface area contributed by atoms with Crippen molar-refractivity contribution in [3.05, 3.63) is 29.3 Å². The number of carbonyl (C=O) groups excluding carboxylic acids is 2. The van der Waals surface area contributed by atoms with Gasteiger partial charge >= 0.3 is 6.03 Å². The van der Waals surface area contributed by atoms with Gasteiger partial charge in [-0.2, -0.15) is 0 Å². The van der Waals surface area contributed by atoms with Crippen molar-refractivity contribution in [2.75, 3.05) is 31.5 Å². The third-order valence-electron chi connectivity index (χ3n) is 3.25. The zero-order chi connectivity index (χ0) is 15.2. The van der Waals surface area contributed by atoms with Crippen LogP contribution < -0.4 is 16.0 Å². The fourth-order valence-electron chi connectivity index (χ4n) is 2.20. The quantitative estimate of drug-likeness (QED) is 0.787. The number of anilines is 1. The van der Waals surface area contributed by atoms with Crippen LogP contribution in [-0.4, -0.2) is 49.1 Å². The highest BCUT2D eigenvalue weighted by atomic mass is 35.5. The number of rotatable bonds is 3. The van der Waals surface area contributed by atoms with Crippen molar-refractivity contribution in [3.63, 3.8) is 0 Å². The highest BCUT2D eigenvalue weighted by Gasteiger charge is 2.31. The van der Waals surface area contributed by atoms with E-state index in [1.54, 1.807) is 29.2 Å². The summed E-state index contributed by atoms with van der Waals surface area (Å²) in [6.45, 7) is 4.01. The van der Waals surface area contributed by atoms with Crippen LogP contribution in [0.15, 0.2) is 24.3 Å². The van der Waals surface area contributed by atoms with Crippen LogP contribution in [-0.2, 0) is 4.79 Å². The highest BCUT2D eigenvalue weighted by Crippen LogP contribution is 2.15. The van der Waals surface area contributed by atoms with Gasteiger partial charge in [-0.05, 0) is 31.2 Å². The molecular formula is C14H19ClN4O2. The van der Waals surface area contributed by atoms with Crippen molar-refractivity contribution in [1.29, 1.82) is 0 Å². The van der Waals surface area contributed by atoms with Crippen LogP contribution in [0.1, 0.15) is 6.92 Å². The molecule has 7 heteroatoms. The number of halogens is 1. The molecule has 0 radical (unpaired) electrons. The van der Waals surface area contributed by atoms with E-state index in [4.69, 9.17) is 11.6 Å². The maximum atomic E-state index is 12.3. The fourth-order valence-corrected chi connectivity index (χ4v) is 2.33. The first-order valence-corrected chi connectivity index (χ1v) is 7.31. The van der Waals surface area contributed by atoms with Gasteiger partial charge in [-0.1, -0.05) is 11.6 Å². The van der Waals surface area contributed by atoms with Gasteiger partial charge in [-0.25, -0.2) is 4.79 Å². The molecule has 1 fully saturated rings. The Morgan fingerprint density at radius 3 is 2.76 bits per heavy atom. The number of amides is 3. The summed E-state index contributed by atoms with van der Waals surface area (Å²) in [6, 6.07) is 6.08. The van der Waals surface area contributed by atoms with Crippen molar-refractivity contribution in [2.24, 2.45) is 0 Å². The van der Waals surface area contributed by atoms with Crippen molar-refractivity contribution < 1.29 is 9.59 Å². The summed E-state index contributed by atoms with van der Waals surface area (Å²) < 4.78 is 0. The number of likely N-dealkylation sites (N-methyl/N-ethyl adjacent to an activating group) is 1. The summed E-state index contributed by atoms with van der Waals surface area (Å²) >= 11 is 5.81. The smallest absolute Gasteiger partial charge is 0.322 e. The lowest BCUT2D eigenvalue weighted by atomic mass is 10.2. The Morgan fingerprint density at radius 2 is 2.10 bits per heavy atom. The molecular weight excluding hydrogens is 292 g/mol. The molecule has 1 saturated heterocycles. The van der Waals surface area contributed by atoms with Gasteiger partial charge in [0.05, 0.1) is 0 Å². The number of urea groups is 1. The van der Waals surface area contributed by atoms with E-state index in [-0.39, 0.29) is 11.9 Å². The molecule has 1 aliphatic heterocycles. The van der Waals surface area contributed by atoms with Gasteiger partial charge in [0.2, 0.25) is 5.91 Å². The van der Waals surface area contributed by atoms with Gasteiger partial charge in [-0.15, -0.1) is 0 Å². The van der Waals surface area contributed by atoms with E-state index >= 15 is 0 Å². The van der Waals surface area contributed by atoms with Crippen LogP contribution in [0.2, 0.25) is 5.02 Å². The van der Waals surface area contributed by atoms with Crippen molar-refractivity contribution in [3.8, 4) is 0 Å². The summed E-state index contributed by atoms with van der Waals surface area (Å²) in [6.07, 6.45) is 0. The van der Waals surface area contributed by atoms with Crippen molar-refractivity contribution in [1.82, 2.24) is 15.5 Å². The SMILES string of the molecule is CCNC(=O)C1CNCCN1C(=O)Nc1ccc(Cl)cc1. The summed E-state index contributed by atoms with van der Waals surface area (Å²) in [7, 11) is 0. The van der Waals surface area contributed by atoms with Gasteiger partial charge in [0.25, 0.3) is 0 Å². The minimum atomic E-state index is -0.494. The molecule has 0 aromatic heterocycles. The number of hydrogen-bond acceptors (Lipinski definition) is 3. The fraction of sp³-hybridized carbons (Fsp3) is 0.429. The maximum Gasteiger partial charge on any atom is 0.322 e. The normalized spacial score (nSPS) is 18.2. The average Bonchev–Trinajstić information content (AvgIpc) is 2.50. The number of carbonyl (C=O) groups is 2. The largest absolute Gasteiger partial charge is 0.355 e. The number of nitrogens with one attached hydrogen (secondary N) is 3. The number of hydrogen-bond donors (Lipinski definition) is 3. The Bertz CT molecular complexity index is 506. The van der Waals surface area contributed by atoms with Gasteiger partial charge in [0, 0.05) is 36.9 Å². The number of piperazine rings is 1. The highest BCUT2D eigenvalue weighted by molar-refractivity contribution is 6.30. The minimum Gasteiger partial charge on any atom is -0.355 e. The lowest BCUT2D eigenvalue weighted by Crippen LogP contribution is -2.60. The third kappa shape index (κ3) is 4.09. The van der Waals surface area contributed by atoms with E-state index < -0.39 is 6.04 Å². The Hall–Kier alpha value is -1.79. The third-order valence-corrected chi connectivity index (χ3v) is 3.51. The second-order valence-corrected chi connectivity index (χ2v) is 5.18. The number of benzene rings is 1. The van der Waals surface area contributed by atoms with E-state index in [2.05, 4.69) is 16.0 Å². The molecule has 0 spiro atoms. The predicted molar refractivity (Wildman–Crippen MR) is 82.5 cm³/mol. The Morgan fingerprint density at radius 1 is 1.38 bits per heavy atom. The van der Waals surface area contributed by atoms with Gasteiger partial charge < -0.3 is 20.9 Å². The van der Waals surface area contributed by atoms with Crippen LogP contribution in [0.3, 0.4) is 0 Å². The van der Waals surface area contributed by atoms with E-state index in [9.17, 15) is 9.59 Å². The molecule has 1 aliphatic rings. The first kappa shape index (κ1) is 15.6. The second-order valence-electron chi connectivity index (χ2n) is 4.74. The molecule has 0 aliphatic carbocycles. The van der Waals surface area contributed by atoms with Crippen LogP contribution in [0.4, 0.5) is 10.5 Å². The molecule has 2 rings (SSSR count). The molecule has 1 aromatic rings. The molecule has 0 saturated carbocycles. The lowest BCUT2D eigenvalue weighted by molar-refractivity contribution is -0.125. The van der Waals surface area contributed by atoms with E-state index in [1.165, 1.54) is 0 Å².